The third-order valence-electron chi connectivity index (χ3n) is 8.20. The molecule has 0 aliphatic heterocycles. The lowest BCUT2D eigenvalue weighted by Crippen LogP contribution is -1.94. The summed E-state index contributed by atoms with van der Waals surface area (Å²) in [4.78, 5) is 25.6. The fraction of sp³-hybridized carbons (Fsp3) is 0.100. The van der Waals surface area contributed by atoms with Gasteiger partial charge in [-0.05, 0) is 36.4 Å². The Morgan fingerprint density at radius 1 is 0.420 bits per heavy atom. The van der Waals surface area contributed by atoms with Crippen LogP contribution in [0, 0.1) is 0 Å². The van der Waals surface area contributed by atoms with E-state index in [1.165, 1.54) is 0 Å². The van der Waals surface area contributed by atoms with Crippen LogP contribution in [0.15, 0.2) is 151 Å². The zero-order valence-electron chi connectivity index (χ0n) is 27.2. The summed E-state index contributed by atoms with van der Waals surface area (Å²) in [5.74, 6) is 3.42. The van der Waals surface area contributed by atoms with Gasteiger partial charge >= 0.3 is 0 Å². The second-order valence-electron chi connectivity index (χ2n) is 11.2. The quantitative estimate of drug-likeness (QED) is 0.0950. The van der Waals surface area contributed by atoms with Crippen LogP contribution in [-0.2, 0) is 0 Å². The minimum absolute atomic E-state index is 0.833. The van der Waals surface area contributed by atoms with Crippen LogP contribution in [0.3, 0.4) is 0 Å². The summed E-state index contributed by atoms with van der Waals surface area (Å²) in [6.07, 6.45) is 7.83. The topological polar surface area (TPSA) is 70.0 Å². The molecule has 0 atom stereocenters. The normalized spacial score (nSPS) is 11.5. The number of benzene rings is 4. The monoisotopic (exact) mass is 726 g/mol. The van der Waals surface area contributed by atoms with E-state index in [9.17, 15) is 0 Å². The molecule has 0 radical (unpaired) electrons. The molecule has 0 N–H and O–H groups in total. The first-order valence-electron chi connectivity index (χ1n) is 15.9. The molecule has 0 unspecified atom stereocenters. The molecule has 10 heteroatoms. The van der Waals surface area contributed by atoms with Crippen molar-refractivity contribution in [2.24, 2.45) is 0 Å². The second-order valence-corrected chi connectivity index (χ2v) is 15.6. The fourth-order valence-corrected chi connectivity index (χ4v) is 10.4. The maximum atomic E-state index is 5.94. The molecule has 0 bridgehead atoms. The molecular formula is C40H30N4O2S4. The van der Waals surface area contributed by atoms with Gasteiger partial charge in [0.2, 0.25) is 0 Å². The highest BCUT2D eigenvalue weighted by atomic mass is 32.2. The van der Waals surface area contributed by atoms with Crippen LogP contribution in [0.1, 0.15) is 0 Å². The first-order chi connectivity index (χ1) is 24.7. The predicted octanol–water partition coefficient (Wildman–Crippen LogP) is 11.1. The highest BCUT2D eigenvalue weighted by Crippen LogP contribution is 2.47. The van der Waals surface area contributed by atoms with Crippen LogP contribution in [0.4, 0.5) is 0 Å². The van der Waals surface area contributed by atoms with E-state index in [4.69, 9.17) is 29.4 Å². The number of fused-ring (bicyclic) bond motifs is 4. The summed E-state index contributed by atoms with van der Waals surface area (Å²) in [6.45, 7) is 0. The third-order valence-corrected chi connectivity index (χ3v) is 13.1. The largest absolute Gasteiger partial charge is 0.495 e. The number of nitrogens with zero attached hydrogens (tertiary/aromatic N) is 4. The molecule has 50 heavy (non-hydrogen) atoms. The molecule has 0 aliphatic carbocycles. The van der Waals surface area contributed by atoms with Crippen molar-refractivity contribution in [1.29, 1.82) is 0 Å². The number of ether oxygens (including phenoxy) is 2. The van der Waals surface area contributed by atoms with E-state index in [-0.39, 0.29) is 0 Å². The van der Waals surface area contributed by atoms with Crippen molar-refractivity contribution >= 4 is 90.7 Å². The van der Waals surface area contributed by atoms with Gasteiger partial charge in [-0.25, -0.2) is 0 Å². The van der Waals surface area contributed by atoms with Crippen LogP contribution in [0.5, 0.6) is 11.5 Å². The fourth-order valence-electron chi connectivity index (χ4n) is 5.90. The van der Waals surface area contributed by atoms with Crippen molar-refractivity contribution in [3.63, 3.8) is 0 Å². The molecule has 4 aromatic carbocycles. The number of aromatic nitrogens is 4. The smallest absolute Gasteiger partial charge is 0.143 e. The molecule has 0 spiro atoms. The van der Waals surface area contributed by atoms with Crippen molar-refractivity contribution < 1.29 is 9.47 Å². The minimum atomic E-state index is 0.833. The maximum Gasteiger partial charge on any atom is 0.143 e. The van der Waals surface area contributed by atoms with Gasteiger partial charge in [0.05, 0.1) is 46.1 Å². The maximum absolute atomic E-state index is 5.94. The Balaban J connectivity index is 1.07. The lowest BCUT2D eigenvalue weighted by Gasteiger charge is -2.16. The van der Waals surface area contributed by atoms with Gasteiger partial charge in [0, 0.05) is 77.4 Å². The van der Waals surface area contributed by atoms with E-state index < -0.39 is 0 Å². The van der Waals surface area contributed by atoms with Crippen molar-refractivity contribution in [2.45, 2.75) is 29.4 Å². The third kappa shape index (κ3) is 6.44. The molecule has 0 aliphatic rings. The second kappa shape index (κ2) is 14.8. The van der Waals surface area contributed by atoms with E-state index in [0.29, 0.717) is 0 Å². The van der Waals surface area contributed by atoms with Gasteiger partial charge in [0.25, 0.3) is 0 Å². The lowest BCUT2D eigenvalue weighted by atomic mass is 10.2. The first kappa shape index (κ1) is 32.7. The Morgan fingerprint density at radius 2 is 0.740 bits per heavy atom. The van der Waals surface area contributed by atoms with E-state index in [0.717, 1.165) is 96.0 Å². The summed E-state index contributed by atoms with van der Waals surface area (Å²) >= 11 is 7.01. The van der Waals surface area contributed by atoms with Gasteiger partial charge in [0.1, 0.15) is 11.5 Å². The molecule has 6 nitrogen and oxygen atoms in total. The van der Waals surface area contributed by atoms with E-state index in [1.807, 2.05) is 96.8 Å². The molecular weight excluding hydrogens is 697 g/mol. The zero-order valence-corrected chi connectivity index (χ0v) is 30.5. The Hall–Kier alpha value is -4.48. The van der Waals surface area contributed by atoms with Gasteiger partial charge in [-0.2, -0.15) is 0 Å². The number of hydrogen-bond donors (Lipinski definition) is 0. The number of pyridine rings is 4. The number of thioether (sulfide) groups is 2. The van der Waals surface area contributed by atoms with Gasteiger partial charge < -0.3 is 9.47 Å². The van der Waals surface area contributed by atoms with Crippen molar-refractivity contribution in [3.05, 3.63) is 122 Å². The van der Waals surface area contributed by atoms with Crippen LogP contribution in [0.25, 0.3) is 43.6 Å². The summed E-state index contributed by atoms with van der Waals surface area (Å²) in [5.41, 5.74) is 3.75. The average Bonchev–Trinajstić information content (AvgIpc) is 3.17. The molecule has 4 heterocycles. The van der Waals surface area contributed by atoms with E-state index >= 15 is 0 Å². The zero-order chi connectivity index (χ0) is 33.9. The number of methoxy groups -OCH3 is 2. The Kier molecular flexibility index (Phi) is 9.67. The highest BCUT2D eigenvalue weighted by molar-refractivity contribution is 8.05. The summed E-state index contributed by atoms with van der Waals surface area (Å²) < 4.78 is 11.9. The molecule has 0 saturated carbocycles. The molecule has 0 fully saturated rings. The molecule has 8 aromatic rings. The van der Waals surface area contributed by atoms with Crippen LogP contribution >= 0.6 is 47.0 Å². The summed E-state index contributed by atoms with van der Waals surface area (Å²) in [7, 11) is 3.45. The summed E-state index contributed by atoms with van der Waals surface area (Å²) in [6, 6.07) is 32.8. The number of para-hydroxylation sites is 4. The Labute approximate surface area is 306 Å². The van der Waals surface area contributed by atoms with Crippen LogP contribution in [-0.4, -0.2) is 45.7 Å². The molecule has 0 saturated heterocycles. The van der Waals surface area contributed by atoms with Crippen molar-refractivity contribution in [2.75, 3.05) is 25.7 Å². The highest BCUT2D eigenvalue weighted by Gasteiger charge is 2.18. The average molecular weight is 727 g/mol. The molecule has 8 rings (SSSR count). The van der Waals surface area contributed by atoms with Crippen molar-refractivity contribution in [3.8, 4) is 11.5 Å². The first-order valence-corrected chi connectivity index (χ1v) is 19.5. The van der Waals surface area contributed by atoms with Crippen molar-refractivity contribution in [1.82, 2.24) is 19.9 Å². The van der Waals surface area contributed by atoms with Gasteiger partial charge in [0.15, 0.2) is 0 Å². The number of hydrogen-bond acceptors (Lipinski definition) is 10. The number of rotatable bonds is 11. The SMILES string of the molecule is COc1c(Sc2c(SCCSc3cnc4ccccc4c3Sc3cnc4ccccc4c3OC)cnc3ccccc23)cnc2ccccc12. The van der Waals surface area contributed by atoms with E-state index in [2.05, 4.69) is 48.5 Å². The lowest BCUT2D eigenvalue weighted by molar-refractivity contribution is 0.409. The summed E-state index contributed by atoms with van der Waals surface area (Å²) in [5, 5.41) is 4.22. The minimum Gasteiger partial charge on any atom is -0.495 e. The molecule has 0 amide bonds. The molecule has 4 aromatic heterocycles. The van der Waals surface area contributed by atoms with Gasteiger partial charge in [-0.1, -0.05) is 84.2 Å². The molecule has 246 valence electrons. The Morgan fingerprint density at radius 3 is 1.12 bits per heavy atom. The van der Waals surface area contributed by atoms with Gasteiger partial charge in [-0.15, -0.1) is 23.5 Å². The van der Waals surface area contributed by atoms with Crippen LogP contribution < -0.4 is 9.47 Å². The Bertz CT molecular complexity index is 2340. The van der Waals surface area contributed by atoms with Gasteiger partial charge in [-0.3, -0.25) is 19.9 Å². The predicted molar refractivity (Wildman–Crippen MR) is 210 cm³/mol. The van der Waals surface area contributed by atoms with E-state index in [1.54, 1.807) is 37.7 Å². The van der Waals surface area contributed by atoms with Crippen LogP contribution in [0.2, 0.25) is 0 Å². The standard InChI is InChI=1S/C40H30N4O2S4/c1-45-37-25-11-3-7-15-29(25)41-21-33(37)49-39-27-13-5-9-17-31(27)43-23-35(39)47-19-20-48-36-24-44-32-18-10-6-14-28(32)40(36)50-34-22-42-30-16-8-4-12-26(30)38(34)46-2/h3-18,21-24H,19-20H2,1-2H3.